The smallest absolute Gasteiger partial charge is 0.306 e. The van der Waals surface area contributed by atoms with Crippen LogP contribution in [0.15, 0.2) is 11.6 Å². The van der Waals surface area contributed by atoms with E-state index in [0.717, 1.165) is 54.8 Å². The lowest BCUT2D eigenvalue weighted by molar-refractivity contribution is -0.151. The van der Waals surface area contributed by atoms with E-state index in [0.29, 0.717) is 17.3 Å². The van der Waals surface area contributed by atoms with Crippen molar-refractivity contribution in [2.45, 2.75) is 215 Å². The lowest BCUT2D eigenvalue weighted by atomic mass is 9.47. The van der Waals surface area contributed by atoms with E-state index in [2.05, 4.69) is 47.6 Å². The number of ether oxygens (including phenoxy) is 1. The van der Waals surface area contributed by atoms with Gasteiger partial charge in [0.1, 0.15) is 6.10 Å². The van der Waals surface area contributed by atoms with Gasteiger partial charge in [0.2, 0.25) is 0 Å². The molecule has 3 fully saturated rings. The zero-order valence-electron chi connectivity index (χ0n) is 31.8. The molecule has 0 bridgehead atoms. The van der Waals surface area contributed by atoms with Gasteiger partial charge >= 0.3 is 5.97 Å². The van der Waals surface area contributed by atoms with Gasteiger partial charge in [0.15, 0.2) is 0 Å². The Bertz CT molecular complexity index is 919. The number of allylic oxidation sites excluding steroid dienone is 1. The second-order valence-corrected chi connectivity index (χ2v) is 18.0. The van der Waals surface area contributed by atoms with Crippen molar-refractivity contribution in [3.8, 4) is 0 Å². The normalized spacial score (nSPS) is 32.8. The summed E-state index contributed by atoms with van der Waals surface area (Å²) in [5.41, 5.74) is 2.54. The first-order valence-electron chi connectivity index (χ1n) is 21.1. The van der Waals surface area contributed by atoms with Crippen LogP contribution in [0.2, 0.25) is 0 Å². The summed E-state index contributed by atoms with van der Waals surface area (Å²) >= 11 is 0. The van der Waals surface area contributed by atoms with Crippen LogP contribution in [-0.2, 0) is 9.53 Å². The Morgan fingerprint density at radius 2 is 1.39 bits per heavy atom. The number of rotatable bonds is 21. The second kappa shape index (κ2) is 18.8. The molecule has 0 N–H and O–H groups in total. The molecule has 3 saturated carbocycles. The van der Waals surface area contributed by atoms with Gasteiger partial charge in [0.25, 0.3) is 0 Å². The molecule has 0 spiro atoms. The van der Waals surface area contributed by atoms with Gasteiger partial charge in [-0.15, -0.1) is 0 Å². The van der Waals surface area contributed by atoms with Gasteiger partial charge in [-0.1, -0.05) is 156 Å². The largest absolute Gasteiger partial charge is 0.462 e. The maximum atomic E-state index is 12.8. The van der Waals surface area contributed by atoms with Crippen LogP contribution in [0, 0.1) is 46.3 Å². The summed E-state index contributed by atoms with van der Waals surface area (Å²) in [5, 5.41) is 0. The highest BCUT2D eigenvalue weighted by Gasteiger charge is 2.59. The second-order valence-electron chi connectivity index (χ2n) is 18.0. The molecule has 4 rings (SSSR count). The fourth-order valence-electron chi connectivity index (χ4n) is 11.5. The topological polar surface area (TPSA) is 26.3 Å². The highest BCUT2D eigenvalue weighted by molar-refractivity contribution is 5.69. The molecule has 0 amide bonds. The third-order valence-electron chi connectivity index (χ3n) is 14.3. The van der Waals surface area contributed by atoms with Gasteiger partial charge in [0.05, 0.1) is 0 Å². The van der Waals surface area contributed by atoms with Gasteiger partial charge in [0, 0.05) is 12.8 Å². The molecule has 2 heteroatoms. The van der Waals surface area contributed by atoms with Crippen LogP contribution in [0.1, 0.15) is 208 Å². The molecule has 1 unspecified atom stereocenters. The van der Waals surface area contributed by atoms with Gasteiger partial charge in [-0.25, -0.2) is 0 Å². The van der Waals surface area contributed by atoms with E-state index in [1.165, 1.54) is 141 Å². The summed E-state index contributed by atoms with van der Waals surface area (Å²) in [4.78, 5) is 12.8. The van der Waals surface area contributed by atoms with E-state index in [4.69, 9.17) is 4.74 Å². The number of esters is 1. The fraction of sp³-hybridized carbons (Fsp3) is 0.932. The number of fused-ring (bicyclic) bond motifs is 5. The lowest BCUT2D eigenvalue weighted by Gasteiger charge is -2.58. The Kier molecular flexibility index (Phi) is 15.6. The number of unbranched alkanes of at least 4 members (excludes halogenated alkanes) is 13. The monoisotopic (exact) mass is 639 g/mol. The average Bonchev–Trinajstić information content (AvgIpc) is 3.38. The Labute approximate surface area is 287 Å². The van der Waals surface area contributed by atoms with Crippen LogP contribution in [0.4, 0.5) is 0 Å². The van der Waals surface area contributed by atoms with Crippen molar-refractivity contribution in [3.05, 3.63) is 11.6 Å². The van der Waals surface area contributed by atoms with E-state index in [1.807, 2.05) is 0 Å². The highest BCUT2D eigenvalue weighted by atomic mass is 16.5. The van der Waals surface area contributed by atoms with Crippen molar-refractivity contribution in [1.82, 2.24) is 0 Å². The number of carbonyl (C=O) groups is 1. The van der Waals surface area contributed by atoms with Crippen LogP contribution in [0.3, 0.4) is 0 Å². The molecule has 0 aromatic heterocycles. The first kappa shape index (κ1) is 38.0. The van der Waals surface area contributed by atoms with Crippen molar-refractivity contribution in [2.75, 3.05) is 0 Å². The SMILES string of the molecule is CCCCCCCCCCCCCCCCC(=O)O[C@H]1CC[C@@]2(C)C(=CC[C@H]3[C@@H]4CC[C@H](C(C)CCCC(C)C)[C@@]4(C)CC[C@@H]32)C1. The van der Waals surface area contributed by atoms with Gasteiger partial charge in [-0.05, 0) is 97.7 Å². The molecule has 46 heavy (non-hydrogen) atoms. The predicted octanol–water partition coefficient (Wildman–Crippen LogP) is 13.8. The number of carbonyl (C=O) groups excluding carboxylic acids is 1. The summed E-state index contributed by atoms with van der Waals surface area (Å²) in [5.74, 6) is 5.34. The van der Waals surface area contributed by atoms with Crippen molar-refractivity contribution in [2.24, 2.45) is 46.3 Å². The third kappa shape index (κ3) is 10.1. The zero-order chi connectivity index (χ0) is 33.0. The molecular weight excluding hydrogens is 560 g/mol. The quantitative estimate of drug-likeness (QED) is 0.0710. The molecule has 0 aromatic carbocycles. The first-order valence-corrected chi connectivity index (χ1v) is 21.1. The van der Waals surface area contributed by atoms with Crippen molar-refractivity contribution in [1.29, 1.82) is 0 Å². The summed E-state index contributed by atoms with van der Waals surface area (Å²) < 4.78 is 6.13. The van der Waals surface area contributed by atoms with E-state index in [1.54, 1.807) is 5.57 Å². The van der Waals surface area contributed by atoms with E-state index in [9.17, 15) is 4.79 Å². The molecule has 8 atom stereocenters. The summed E-state index contributed by atoms with van der Waals surface area (Å²) in [6, 6.07) is 0. The summed E-state index contributed by atoms with van der Waals surface area (Å²) in [6.07, 6.45) is 36.9. The van der Waals surface area contributed by atoms with Crippen LogP contribution < -0.4 is 0 Å². The molecule has 0 aromatic rings. The van der Waals surface area contributed by atoms with E-state index >= 15 is 0 Å². The Morgan fingerprint density at radius 3 is 2.02 bits per heavy atom. The van der Waals surface area contributed by atoms with E-state index < -0.39 is 0 Å². The summed E-state index contributed by atoms with van der Waals surface area (Å²) in [7, 11) is 0. The minimum absolute atomic E-state index is 0.0646. The first-order chi connectivity index (χ1) is 22.2. The van der Waals surface area contributed by atoms with E-state index in [-0.39, 0.29) is 12.1 Å². The maximum Gasteiger partial charge on any atom is 0.306 e. The molecule has 4 aliphatic rings. The van der Waals surface area contributed by atoms with Crippen LogP contribution in [-0.4, -0.2) is 12.1 Å². The molecule has 0 aliphatic heterocycles. The standard InChI is InChI=1S/C44H78O2/c1-7-8-9-10-11-12-13-14-15-16-17-18-19-20-24-42(45)46-37-29-31-43(5)36(33-37)25-26-38-40-28-27-39(35(4)23-21-22-34(2)3)44(40,6)32-30-41(38)43/h25,34-35,37-41H,7-24,26-33H2,1-6H3/t35?,37-,38-,39+,40-,41-,43-,44+/m0/s1. The van der Waals surface area contributed by atoms with Crippen LogP contribution in [0.25, 0.3) is 0 Å². The summed E-state index contributed by atoms with van der Waals surface area (Å²) in [6.45, 7) is 15.0. The minimum Gasteiger partial charge on any atom is -0.462 e. The van der Waals surface area contributed by atoms with Gasteiger partial charge in [-0.2, -0.15) is 0 Å². The van der Waals surface area contributed by atoms with Crippen LogP contribution in [0.5, 0.6) is 0 Å². The third-order valence-corrected chi connectivity index (χ3v) is 14.3. The average molecular weight is 639 g/mol. The van der Waals surface area contributed by atoms with Crippen molar-refractivity contribution < 1.29 is 9.53 Å². The minimum atomic E-state index is 0.0646. The molecule has 2 nitrogen and oxygen atoms in total. The predicted molar refractivity (Wildman–Crippen MR) is 198 cm³/mol. The molecule has 266 valence electrons. The molecule has 0 radical (unpaired) electrons. The number of hydrogen-bond acceptors (Lipinski definition) is 2. The molecule has 0 saturated heterocycles. The van der Waals surface area contributed by atoms with Gasteiger partial charge < -0.3 is 4.74 Å². The number of hydrogen-bond donors (Lipinski definition) is 0. The fourth-order valence-corrected chi connectivity index (χ4v) is 11.5. The van der Waals surface area contributed by atoms with Crippen molar-refractivity contribution in [3.63, 3.8) is 0 Å². The lowest BCUT2D eigenvalue weighted by Crippen LogP contribution is -2.51. The van der Waals surface area contributed by atoms with Gasteiger partial charge in [-0.3, -0.25) is 4.79 Å². The Balaban J connectivity index is 1.12. The molecule has 0 heterocycles. The molecular formula is C44H78O2. The zero-order valence-corrected chi connectivity index (χ0v) is 31.8. The maximum absolute atomic E-state index is 12.8. The van der Waals surface area contributed by atoms with Crippen molar-refractivity contribution >= 4 is 5.97 Å². The highest BCUT2D eigenvalue weighted by Crippen LogP contribution is 2.67. The van der Waals surface area contributed by atoms with Crippen LogP contribution >= 0.6 is 0 Å². The molecule has 4 aliphatic carbocycles. The Morgan fingerprint density at radius 1 is 0.761 bits per heavy atom. The Hall–Kier alpha value is -0.790.